The van der Waals surface area contributed by atoms with Crippen LogP contribution in [-0.2, 0) is 10.3 Å². The third-order valence-electron chi connectivity index (χ3n) is 2.40. The van der Waals surface area contributed by atoms with E-state index < -0.39 is 11.5 Å². The van der Waals surface area contributed by atoms with Gasteiger partial charge in [0.2, 0.25) is 0 Å². The van der Waals surface area contributed by atoms with Crippen LogP contribution in [0.3, 0.4) is 0 Å². The lowest BCUT2D eigenvalue weighted by molar-refractivity contribution is -0.143. The Morgan fingerprint density at radius 1 is 1.40 bits per heavy atom. The number of hydrogen-bond donors (Lipinski definition) is 2. The average molecular weight is 230 g/mol. The minimum Gasteiger partial charge on any atom is -0.480 e. The van der Waals surface area contributed by atoms with Crippen LogP contribution in [0.25, 0.3) is 0 Å². The number of halogens is 1. The molecule has 1 atom stereocenters. The number of aryl methyl sites for hydroxylation is 2. The number of benzene rings is 1. The topological polar surface area (TPSA) is 63.3 Å². The van der Waals surface area contributed by atoms with E-state index in [9.17, 15) is 4.79 Å². The first-order chi connectivity index (χ1) is 6.35. The number of hydrogen-bond acceptors (Lipinski definition) is 2. The SMILES string of the molecule is Cc1ccc(C)c(C(C)(N)C(=O)O)c1.Cl. The minimum atomic E-state index is -1.31. The van der Waals surface area contributed by atoms with Crippen LogP contribution >= 0.6 is 12.4 Å². The summed E-state index contributed by atoms with van der Waals surface area (Å²) in [5.41, 5.74) is 7.04. The molecule has 0 saturated carbocycles. The maximum absolute atomic E-state index is 11.0. The molecule has 0 amide bonds. The predicted molar refractivity (Wildman–Crippen MR) is 62.3 cm³/mol. The molecule has 1 aromatic rings. The van der Waals surface area contributed by atoms with Crippen LogP contribution in [0.15, 0.2) is 18.2 Å². The predicted octanol–water partition coefficient (Wildman–Crippen LogP) is 1.98. The largest absolute Gasteiger partial charge is 0.480 e. The second-order valence-electron chi connectivity index (χ2n) is 3.83. The Kier molecular flexibility index (Phi) is 4.31. The van der Waals surface area contributed by atoms with Crippen molar-refractivity contribution in [2.45, 2.75) is 26.3 Å². The van der Waals surface area contributed by atoms with Crippen molar-refractivity contribution in [1.29, 1.82) is 0 Å². The van der Waals surface area contributed by atoms with Gasteiger partial charge in [-0.2, -0.15) is 0 Å². The average Bonchev–Trinajstić information content (AvgIpc) is 2.08. The number of nitrogens with two attached hydrogens (primary N) is 1. The van der Waals surface area contributed by atoms with Crippen LogP contribution in [-0.4, -0.2) is 11.1 Å². The van der Waals surface area contributed by atoms with Crippen molar-refractivity contribution in [3.05, 3.63) is 34.9 Å². The molecular formula is C11H16ClNO2. The van der Waals surface area contributed by atoms with E-state index in [0.29, 0.717) is 5.56 Å². The van der Waals surface area contributed by atoms with E-state index >= 15 is 0 Å². The number of carbonyl (C=O) groups is 1. The third kappa shape index (κ3) is 2.70. The first kappa shape index (κ1) is 13.9. The Morgan fingerprint density at radius 3 is 2.40 bits per heavy atom. The van der Waals surface area contributed by atoms with E-state index in [-0.39, 0.29) is 12.4 Å². The molecule has 0 saturated heterocycles. The Bertz CT molecular complexity index is 375. The fourth-order valence-corrected chi connectivity index (χ4v) is 1.41. The summed E-state index contributed by atoms with van der Waals surface area (Å²) in [6.45, 7) is 5.29. The smallest absolute Gasteiger partial charge is 0.328 e. The first-order valence-electron chi connectivity index (χ1n) is 4.45. The number of carboxylic acids is 1. The van der Waals surface area contributed by atoms with Gasteiger partial charge in [0, 0.05) is 0 Å². The second-order valence-corrected chi connectivity index (χ2v) is 3.83. The van der Waals surface area contributed by atoms with Gasteiger partial charge in [-0.1, -0.05) is 23.8 Å². The van der Waals surface area contributed by atoms with Gasteiger partial charge < -0.3 is 10.8 Å². The molecule has 0 aromatic heterocycles. The summed E-state index contributed by atoms with van der Waals surface area (Å²) in [4.78, 5) is 11.0. The third-order valence-corrected chi connectivity index (χ3v) is 2.40. The van der Waals surface area contributed by atoms with Gasteiger partial charge in [-0.05, 0) is 31.9 Å². The molecular weight excluding hydrogens is 214 g/mol. The van der Waals surface area contributed by atoms with Gasteiger partial charge in [-0.15, -0.1) is 12.4 Å². The van der Waals surface area contributed by atoms with Gasteiger partial charge in [0.05, 0.1) is 0 Å². The van der Waals surface area contributed by atoms with Gasteiger partial charge in [0.25, 0.3) is 0 Å². The Hall–Kier alpha value is -1.06. The highest BCUT2D eigenvalue weighted by atomic mass is 35.5. The summed E-state index contributed by atoms with van der Waals surface area (Å²) in [6, 6.07) is 5.65. The summed E-state index contributed by atoms with van der Waals surface area (Å²) < 4.78 is 0. The molecule has 4 heteroatoms. The fourth-order valence-electron chi connectivity index (χ4n) is 1.41. The molecule has 0 radical (unpaired) electrons. The van der Waals surface area contributed by atoms with Crippen LogP contribution in [0.4, 0.5) is 0 Å². The van der Waals surface area contributed by atoms with Crippen molar-refractivity contribution >= 4 is 18.4 Å². The van der Waals surface area contributed by atoms with Crippen molar-refractivity contribution in [1.82, 2.24) is 0 Å². The summed E-state index contributed by atoms with van der Waals surface area (Å²) in [7, 11) is 0. The van der Waals surface area contributed by atoms with E-state index in [0.717, 1.165) is 11.1 Å². The Morgan fingerprint density at radius 2 is 1.93 bits per heavy atom. The molecule has 84 valence electrons. The highest BCUT2D eigenvalue weighted by Gasteiger charge is 2.31. The van der Waals surface area contributed by atoms with Crippen molar-refractivity contribution < 1.29 is 9.90 Å². The van der Waals surface area contributed by atoms with Crippen LogP contribution in [0.5, 0.6) is 0 Å². The maximum Gasteiger partial charge on any atom is 0.328 e. The van der Waals surface area contributed by atoms with E-state index in [1.165, 1.54) is 6.92 Å². The van der Waals surface area contributed by atoms with Gasteiger partial charge in [-0.25, -0.2) is 4.79 Å². The normalized spacial score (nSPS) is 13.9. The van der Waals surface area contributed by atoms with Gasteiger partial charge in [0.15, 0.2) is 0 Å². The number of rotatable bonds is 2. The second kappa shape index (κ2) is 4.64. The lowest BCUT2D eigenvalue weighted by Gasteiger charge is -2.22. The molecule has 0 aliphatic carbocycles. The van der Waals surface area contributed by atoms with Crippen molar-refractivity contribution in [2.24, 2.45) is 5.73 Å². The number of carboxylic acid groups (broad SMARTS) is 1. The maximum atomic E-state index is 11.0. The molecule has 0 fully saturated rings. The molecule has 1 rings (SSSR count). The molecule has 3 N–H and O–H groups in total. The Labute approximate surface area is 95.7 Å². The quantitative estimate of drug-likeness (QED) is 0.815. The van der Waals surface area contributed by atoms with Crippen molar-refractivity contribution in [3.63, 3.8) is 0 Å². The van der Waals surface area contributed by atoms with Crippen LogP contribution < -0.4 is 5.73 Å². The molecule has 1 unspecified atom stereocenters. The van der Waals surface area contributed by atoms with Gasteiger partial charge in [0.1, 0.15) is 5.54 Å². The lowest BCUT2D eigenvalue weighted by atomic mass is 9.88. The van der Waals surface area contributed by atoms with Gasteiger partial charge >= 0.3 is 5.97 Å². The zero-order valence-corrected chi connectivity index (χ0v) is 9.89. The summed E-state index contributed by atoms with van der Waals surface area (Å²) in [5, 5.41) is 8.99. The summed E-state index contributed by atoms with van der Waals surface area (Å²) in [6.07, 6.45) is 0. The highest BCUT2D eigenvalue weighted by molar-refractivity contribution is 5.85. The standard InChI is InChI=1S/C11H15NO2.ClH/c1-7-4-5-8(2)9(6-7)11(3,12)10(13)14;/h4-6H,12H2,1-3H3,(H,13,14);1H. The summed E-state index contributed by atoms with van der Waals surface area (Å²) >= 11 is 0. The molecule has 0 spiro atoms. The first-order valence-corrected chi connectivity index (χ1v) is 4.45. The van der Waals surface area contributed by atoms with Crippen molar-refractivity contribution in [2.75, 3.05) is 0 Å². The molecule has 15 heavy (non-hydrogen) atoms. The molecule has 0 aliphatic heterocycles. The zero-order valence-electron chi connectivity index (χ0n) is 9.07. The van der Waals surface area contributed by atoms with E-state index in [1.807, 2.05) is 32.0 Å². The van der Waals surface area contributed by atoms with Crippen molar-refractivity contribution in [3.8, 4) is 0 Å². The molecule has 3 nitrogen and oxygen atoms in total. The van der Waals surface area contributed by atoms with Crippen LogP contribution in [0.2, 0.25) is 0 Å². The molecule has 0 aliphatic rings. The van der Waals surface area contributed by atoms with E-state index in [4.69, 9.17) is 10.8 Å². The number of aliphatic carboxylic acids is 1. The minimum absolute atomic E-state index is 0. The monoisotopic (exact) mass is 229 g/mol. The molecule has 1 aromatic carbocycles. The van der Waals surface area contributed by atoms with E-state index in [2.05, 4.69) is 0 Å². The fraction of sp³-hybridized carbons (Fsp3) is 0.364. The van der Waals surface area contributed by atoms with Crippen LogP contribution in [0.1, 0.15) is 23.6 Å². The highest BCUT2D eigenvalue weighted by Crippen LogP contribution is 2.22. The van der Waals surface area contributed by atoms with Gasteiger partial charge in [-0.3, -0.25) is 0 Å². The van der Waals surface area contributed by atoms with E-state index in [1.54, 1.807) is 0 Å². The molecule has 0 bridgehead atoms. The molecule has 0 heterocycles. The van der Waals surface area contributed by atoms with Crippen LogP contribution in [0, 0.1) is 13.8 Å². The Balaban J connectivity index is 0.00000196. The lowest BCUT2D eigenvalue weighted by Crippen LogP contribution is -2.42. The zero-order chi connectivity index (χ0) is 10.9. The summed E-state index contributed by atoms with van der Waals surface area (Å²) in [5.74, 6) is -1.01.